The van der Waals surface area contributed by atoms with Crippen molar-refractivity contribution in [2.24, 2.45) is 5.10 Å². The van der Waals surface area contributed by atoms with E-state index in [1.54, 1.807) is 6.07 Å². The molecule has 0 aliphatic heterocycles. The lowest BCUT2D eigenvalue weighted by molar-refractivity contribution is -0.137. The van der Waals surface area contributed by atoms with Crippen LogP contribution in [0.25, 0.3) is 0 Å². The highest BCUT2D eigenvalue weighted by atomic mass is 79.9. The number of hydrogen-bond donors (Lipinski definition) is 1. The molecule has 0 saturated carbocycles. The highest BCUT2D eigenvalue weighted by molar-refractivity contribution is 9.10. The third-order valence-electron chi connectivity index (χ3n) is 2.87. The van der Waals surface area contributed by atoms with Crippen LogP contribution >= 0.6 is 15.9 Å². The molecule has 0 aliphatic carbocycles. The van der Waals surface area contributed by atoms with Crippen LogP contribution in [-0.2, 0) is 17.4 Å². The number of nitrogens with zero attached hydrogens (tertiary/aromatic N) is 1. The van der Waals surface area contributed by atoms with Crippen LogP contribution in [-0.4, -0.2) is 12.1 Å². The first-order valence-electron chi connectivity index (χ1n) is 6.58. The Balaban J connectivity index is 1.95. The molecule has 0 radical (unpaired) electrons. The first-order valence-corrected chi connectivity index (χ1v) is 7.37. The van der Waals surface area contributed by atoms with E-state index in [0.29, 0.717) is 0 Å². The number of hydrogen-bond acceptors (Lipinski definition) is 2. The first-order chi connectivity index (χ1) is 10.8. The highest BCUT2D eigenvalue weighted by Crippen LogP contribution is 2.29. The Kier molecular flexibility index (Phi) is 5.54. The van der Waals surface area contributed by atoms with Crippen LogP contribution in [0.4, 0.5) is 13.2 Å². The topological polar surface area (TPSA) is 41.5 Å². The van der Waals surface area contributed by atoms with Gasteiger partial charge in [0.05, 0.1) is 18.2 Å². The molecule has 0 heterocycles. The van der Waals surface area contributed by atoms with E-state index in [-0.39, 0.29) is 12.0 Å². The van der Waals surface area contributed by atoms with Gasteiger partial charge in [0.15, 0.2) is 0 Å². The van der Waals surface area contributed by atoms with Gasteiger partial charge in [-0.3, -0.25) is 4.79 Å². The van der Waals surface area contributed by atoms with Gasteiger partial charge in [0, 0.05) is 4.47 Å². The van der Waals surface area contributed by atoms with Gasteiger partial charge in [-0.25, -0.2) is 5.43 Å². The van der Waals surface area contributed by atoms with Gasteiger partial charge in [-0.15, -0.1) is 0 Å². The van der Waals surface area contributed by atoms with Crippen molar-refractivity contribution < 1.29 is 18.0 Å². The number of carbonyl (C=O) groups is 1. The van der Waals surface area contributed by atoms with Crippen molar-refractivity contribution >= 4 is 28.1 Å². The van der Waals surface area contributed by atoms with E-state index >= 15 is 0 Å². The second-order valence-corrected chi connectivity index (χ2v) is 5.64. The second-order valence-electron chi connectivity index (χ2n) is 4.72. The summed E-state index contributed by atoms with van der Waals surface area (Å²) < 4.78 is 38.7. The molecule has 23 heavy (non-hydrogen) atoms. The van der Waals surface area contributed by atoms with Gasteiger partial charge in [0.2, 0.25) is 5.91 Å². The summed E-state index contributed by atoms with van der Waals surface area (Å²) >= 11 is 3.31. The Labute approximate surface area is 139 Å². The van der Waals surface area contributed by atoms with E-state index in [4.69, 9.17) is 0 Å². The van der Waals surface area contributed by atoms with Crippen molar-refractivity contribution in [3.8, 4) is 0 Å². The number of carbonyl (C=O) groups excluding carboxylic acids is 1. The van der Waals surface area contributed by atoms with Crippen LogP contribution in [0.3, 0.4) is 0 Å². The average molecular weight is 385 g/mol. The van der Waals surface area contributed by atoms with E-state index in [2.05, 4.69) is 26.5 Å². The molecule has 3 nitrogen and oxygen atoms in total. The van der Waals surface area contributed by atoms with Gasteiger partial charge in [0.25, 0.3) is 0 Å². The SMILES string of the molecule is O=C(Cc1cccc(C(F)(F)F)c1)N/N=C/c1cccc(Br)c1. The molecule has 2 rings (SSSR count). The van der Waals surface area contributed by atoms with Gasteiger partial charge in [-0.2, -0.15) is 18.3 Å². The van der Waals surface area contributed by atoms with Crippen LogP contribution in [0.15, 0.2) is 58.1 Å². The van der Waals surface area contributed by atoms with Gasteiger partial charge < -0.3 is 0 Å². The number of alkyl halides is 3. The lowest BCUT2D eigenvalue weighted by Gasteiger charge is -2.08. The number of rotatable bonds is 4. The van der Waals surface area contributed by atoms with Crippen molar-refractivity contribution in [1.29, 1.82) is 0 Å². The molecule has 1 N–H and O–H groups in total. The summed E-state index contributed by atoms with van der Waals surface area (Å²) in [7, 11) is 0. The van der Waals surface area contributed by atoms with Crippen LogP contribution in [0, 0.1) is 0 Å². The molecule has 1 amide bonds. The zero-order chi connectivity index (χ0) is 16.9. The molecular formula is C16H12BrF3N2O. The molecule has 0 spiro atoms. The smallest absolute Gasteiger partial charge is 0.273 e. The van der Waals surface area contributed by atoms with E-state index in [9.17, 15) is 18.0 Å². The number of hydrazone groups is 1. The molecule has 0 aliphatic rings. The van der Waals surface area contributed by atoms with Crippen molar-refractivity contribution in [3.63, 3.8) is 0 Å². The third-order valence-corrected chi connectivity index (χ3v) is 3.36. The fourth-order valence-corrected chi connectivity index (χ4v) is 2.27. The molecule has 7 heteroatoms. The number of amides is 1. The zero-order valence-corrected chi connectivity index (χ0v) is 13.4. The van der Waals surface area contributed by atoms with Crippen molar-refractivity contribution in [3.05, 3.63) is 69.7 Å². The van der Waals surface area contributed by atoms with E-state index in [1.807, 2.05) is 18.2 Å². The lowest BCUT2D eigenvalue weighted by atomic mass is 10.1. The predicted molar refractivity (Wildman–Crippen MR) is 85.0 cm³/mol. The van der Waals surface area contributed by atoms with Crippen LogP contribution < -0.4 is 5.43 Å². The molecule has 0 unspecified atom stereocenters. The molecule has 0 atom stereocenters. The van der Waals surface area contributed by atoms with Crippen LogP contribution in [0.2, 0.25) is 0 Å². The van der Waals surface area contributed by atoms with Gasteiger partial charge in [0.1, 0.15) is 0 Å². The Morgan fingerprint density at radius 3 is 2.61 bits per heavy atom. The summed E-state index contributed by atoms with van der Waals surface area (Å²) in [5.41, 5.74) is 2.56. The maximum absolute atomic E-state index is 12.6. The quantitative estimate of drug-likeness (QED) is 0.623. The Morgan fingerprint density at radius 1 is 1.17 bits per heavy atom. The predicted octanol–water partition coefficient (Wildman–Crippen LogP) is 4.16. The average Bonchev–Trinajstić information content (AvgIpc) is 2.46. The summed E-state index contributed by atoms with van der Waals surface area (Å²) in [6, 6.07) is 11.9. The highest BCUT2D eigenvalue weighted by Gasteiger charge is 2.30. The molecule has 120 valence electrons. The molecule has 0 bridgehead atoms. The number of nitrogens with one attached hydrogen (secondary N) is 1. The normalized spacial score (nSPS) is 11.7. The summed E-state index contributed by atoms with van der Waals surface area (Å²) in [6.45, 7) is 0. The fourth-order valence-electron chi connectivity index (χ4n) is 1.85. The second kappa shape index (κ2) is 7.41. The largest absolute Gasteiger partial charge is 0.416 e. The Hall–Kier alpha value is -2.15. The van der Waals surface area contributed by atoms with E-state index < -0.39 is 17.6 Å². The summed E-state index contributed by atoms with van der Waals surface area (Å²) in [4.78, 5) is 11.7. The first kappa shape index (κ1) is 17.2. The zero-order valence-electron chi connectivity index (χ0n) is 11.8. The molecular weight excluding hydrogens is 373 g/mol. The third kappa shape index (κ3) is 5.52. The lowest BCUT2D eigenvalue weighted by Crippen LogP contribution is -2.20. The minimum absolute atomic E-state index is 0.181. The summed E-state index contributed by atoms with van der Waals surface area (Å²) in [6.07, 6.45) is -3.15. The van der Waals surface area contributed by atoms with Gasteiger partial charge in [-0.1, -0.05) is 46.3 Å². The molecule has 0 aromatic heterocycles. The minimum atomic E-state index is -4.43. The molecule has 2 aromatic rings. The summed E-state index contributed by atoms with van der Waals surface area (Å²) in [5.74, 6) is -0.490. The summed E-state index contributed by atoms with van der Waals surface area (Å²) in [5, 5.41) is 3.78. The van der Waals surface area contributed by atoms with Crippen molar-refractivity contribution in [2.45, 2.75) is 12.6 Å². The number of benzene rings is 2. The number of halogens is 4. The van der Waals surface area contributed by atoms with Crippen LogP contribution in [0.5, 0.6) is 0 Å². The monoisotopic (exact) mass is 384 g/mol. The fraction of sp³-hybridized carbons (Fsp3) is 0.125. The van der Waals surface area contributed by atoms with E-state index in [1.165, 1.54) is 18.3 Å². The minimum Gasteiger partial charge on any atom is -0.273 e. The Bertz CT molecular complexity index is 729. The van der Waals surface area contributed by atoms with E-state index in [0.717, 1.165) is 22.2 Å². The molecule has 2 aromatic carbocycles. The van der Waals surface area contributed by atoms with Crippen molar-refractivity contribution in [2.75, 3.05) is 0 Å². The van der Waals surface area contributed by atoms with Crippen LogP contribution in [0.1, 0.15) is 16.7 Å². The maximum Gasteiger partial charge on any atom is 0.416 e. The standard InChI is InChI=1S/C16H12BrF3N2O/c17-14-6-2-4-12(8-14)10-21-22-15(23)9-11-3-1-5-13(7-11)16(18,19)20/h1-8,10H,9H2,(H,22,23)/b21-10+. The maximum atomic E-state index is 12.6. The Morgan fingerprint density at radius 2 is 1.91 bits per heavy atom. The molecule has 0 saturated heterocycles. The van der Waals surface area contributed by atoms with Gasteiger partial charge in [-0.05, 0) is 29.3 Å². The van der Waals surface area contributed by atoms with Crippen molar-refractivity contribution in [1.82, 2.24) is 5.43 Å². The van der Waals surface area contributed by atoms with Gasteiger partial charge >= 0.3 is 6.18 Å². The molecule has 0 fully saturated rings.